The van der Waals surface area contributed by atoms with Crippen LogP contribution in [0.1, 0.15) is 59.6 Å². The normalized spacial score (nSPS) is 25.1. The summed E-state index contributed by atoms with van der Waals surface area (Å²) in [6.07, 6.45) is -1.00. The van der Waals surface area contributed by atoms with E-state index in [0.717, 1.165) is 18.5 Å². The Morgan fingerprint density at radius 3 is 2.88 bits per heavy atom. The lowest BCUT2D eigenvalue weighted by molar-refractivity contribution is -0.133. The summed E-state index contributed by atoms with van der Waals surface area (Å²) < 4.78 is 35.4. The number of carbonyl (C=O) groups excluding carboxylic acids is 1. The summed E-state index contributed by atoms with van der Waals surface area (Å²) in [5, 5.41) is 15.1. The minimum absolute atomic E-state index is 0.0847. The van der Waals surface area contributed by atoms with Crippen LogP contribution in [-0.4, -0.2) is 62.9 Å². The van der Waals surface area contributed by atoms with Crippen molar-refractivity contribution in [1.82, 2.24) is 19.6 Å². The van der Waals surface area contributed by atoms with Crippen LogP contribution in [0.25, 0.3) is 0 Å². The molecule has 2 aliphatic heterocycles. The van der Waals surface area contributed by atoms with Crippen molar-refractivity contribution in [2.24, 2.45) is 0 Å². The van der Waals surface area contributed by atoms with Gasteiger partial charge in [-0.1, -0.05) is 24.3 Å². The Balaban J connectivity index is 1.36. The van der Waals surface area contributed by atoms with Crippen LogP contribution >= 0.6 is 0 Å². The number of benzene rings is 1. The molecule has 2 atom stereocenters. The maximum absolute atomic E-state index is 12.9. The average Bonchev–Trinajstić information content (AvgIpc) is 2.83. The predicted octanol–water partition coefficient (Wildman–Crippen LogP) is 2.22. The number of aryl methyl sites for hydroxylation is 2. The van der Waals surface area contributed by atoms with Crippen molar-refractivity contribution < 1.29 is 15.4 Å². The zero-order valence-electron chi connectivity index (χ0n) is 22.8. The summed E-state index contributed by atoms with van der Waals surface area (Å²) in [7, 11) is 0. The van der Waals surface area contributed by atoms with Gasteiger partial charge in [0.1, 0.15) is 0 Å². The highest BCUT2D eigenvalue weighted by atomic mass is 16.3. The van der Waals surface area contributed by atoms with E-state index in [1.807, 2.05) is 6.92 Å². The molecule has 2 aliphatic rings. The van der Waals surface area contributed by atoms with Gasteiger partial charge < -0.3 is 10.0 Å². The lowest BCUT2D eigenvalue weighted by Gasteiger charge is -2.34. The topological polar surface area (TPSA) is 78.7 Å². The zero-order valence-corrected chi connectivity index (χ0v) is 18.8. The lowest BCUT2D eigenvalue weighted by Crippen LogP contribution is -2.44. The van der Waals surface area contributed by atoms with E-state index in [4.69, 9.17) is 5.48 Å². The number of aliphatic hydroxyl groups is 1. The summed E-state index contributed by atoms with van der Waals surface area (Å²) >= 11 is 0. The molecule has 0 unspecified atom stereocenters. The van der Waals surface area contributed by atoms with Crippen molar-refractivity contribution in [1.29, 1.82) is 0 Å². The van der Waals surface area contributed by atoms with Crippen LogP contribution in [0.3, 0.4) is 0 Å². The van der Waals surface area contributed by atoms with Crippen LogP contribution < -0.4 is 5.56 Å². The first-order chi connectivity index (χ1) is 16.9. The van der Waals surface area contributed by atoms with Crippen LogP contribution in [0.5, 0.6) is 0 Å². The molecule has 0 bridgehead atoms. The molecule has 0 saturated carbocycles. The highest BCUT2D eigenvalue weighted by Gasteiger charge is 2.27. The van der Waals surface area contributed by atoms with Gasteiger partial charge >= 0.3 is 0 Å². The molecule has 1 fully saturated rings. The number of β-amino-alcohol motifs (C(OH)–C–C–N with tert-alkyl or cyclic N) is 1. The summed E-state index contributed by atoms with van der Waals surface area (Å²) in [6, 6.07) is 8.12. The molecule has 0 aliphatic carbocycles. The van der Waals surface area contributed by atoms with E-state index < -0.39 is 19.0 Å². The van der Waals surface area contributed by atoms with Crippen LogP contribution in [-0.2, 0) is 17.7 Å². The van der Waals surface area contributed by atoms with E-state index in [0.29, 0.717) is 24.2 Å². The van der Waals surface area contributed by atoms with Gasteiger partial charge in [-0.15, -0.1) is 0 Å². The second kappa shape index (κ2) is 9.96. The minimum Gasteiger partial charge on any atom is -0.392 e. The van der Waals surface area contributed by atoms with Crippen molar-refractivity contribution in [3.63, 3.8) is 0 Å². The first-order valence-corrected chi connectivity index (χ1v) is 11.3. The summed E-state index contributed by atoms with van der Waals surface area (Å²) in [6.45, 7) is 2.36. The smallest absolute Gasteiger partial charge is 0.269 e. The summed E-state index contributed by atoms with van der Waals surface area (Å²) in [5.74, 6) is -0.126. The predicted molar refractivity (Wildman–Crippen MR) is 123 cm³/mol. The maximum Gasteiger partial charge on any atom is 0.269 e. The Morgan fingerprint density at radius 2 is 2.06 bits per heavy atom. The molecule has 1 aromatic carbocycles. The maximum atomic E-state index is 12.9. The number of rotatable bonds is 6. The Labute approximate surface area is 195 Å². The summed E-state index contributed by atoms with van der Waals surface area (Å²) in [4.78, 5) is 28.6. The van der Waals surface area contributed by atoms with Crippen molar-refractivity contribution in [3.8, 4) is 0 Å². The number of piperidine rings is 1. The van der Waals surface area contributed by atoms with E-state index >= 15 is 0 Å². The van der Waals surface area contributed by atoms with Gasteiger partial charge in [-0.25, -0.2) is 4.68 Å². The number of fused-ring (bicyclic) bond motifs is 1. The molecule has 3 heterocycles. The van der Waals surface area contributed by atoms with Crippen molar-refractivity contribution in [2.75, 3.05) is 26.2 Å². The fraction of sp³-hybridized carbons (Fsp3) is 0.560. The Bertz CT molecular complexity index is 1190. The van der Waals surface area contributed by atoms with Crippen LogP contribution in [0, 0.1) is 13.8 Å². The zero-order chi connectivity index (χ0) is 26.3. The third-order valence-corrected chi connectivity index (χ3v) is 6.12. The number of hydrogen-bond acceptors (Lipinski definition) is 5. The number of aliphatic hydroxyl groups excluding tert-OH is 1. The van der Waals surface area contributed by atoms with E-state index in [1.54, 1.807) is 42.2 Å². The molecular formula is C25H34N4O3. The SMILES string of the molecule is [2H]C1([2H])CN(C[C@@H](O)CCC(=O)N2CCC[C@@H](n3nc(C)cc(C)c3=O)C2)C([2H])([2H])c2ccccc21. The number of likely N-dealkylation sites (tertiary alicyclic amines) is 1. The Kier molecular flexibility index (Phi) is 5.60. The van der Waals surface area contributed by atoms with Gasteiger partial charge in [0.05, 0.1) is 17.8 Å². The molecule has 1 aromatic heterocycles. The van der Waals surface area contributed by atoms with Crippen LogP contribution in [0.4, 0.5) is 0 Å². The Morgan fingerprint density at radius 1 is 1.28 bits per heavy atom. The van der Waals surface area contributed by atoms with Crippen molar-refractivity contribution >= 4 is 5.91 Å². The van der Waals surface area contributed by atoms with E-state index in [9.17, 15) is 14.7 Å². The van der Waals surface area contributed by atoms with E-state index in [-0.39, 0.29) is 49.0 Å². The van der Waals surface area contributed by atoms with Crippen LogP contribution in [0.15, 0.2) is 35.1 Å². The molecule has 7 nitrogen and oxygen atoms in total. The van der Waals surface area contributed by atoms with Gasteiger partial charge in [0.2, 0.25) is 5.91 Å². The van der Waals surface area contributed by atoms with E-state index in [2.05, 4.69) is 5.10 Å². The quantitative estimate of drug-likeness (QED) is 0.742. The van der Waals surface area contributed by atoms with Gasteiger partial charge in [0.15, 0.2) is 0 Å². The highest BCUT2D eigenvalue weighted by molar-refractivity contribution is 5.76. The Hall–Kier alpha value is -2.51. The molecule has 4 rings (SSSR count). The molecular weight excluding hydrogens is 404 g/mol. The second-order valence-corrected chi connectivity index (χ2v) is 8.76. The number of carbonyl (C=O) groups is 1. The monoisotopic (exact) mass is 442 g/mol. The average molecular weight is 443 g/mol. The number of amides is 1. The standard InChI is InChI=1S/C25H34N4O3/c1-18-14-19(2)26-29(25(18)32)22-8-5-12-28(16-22)24(31)10-9-23(30)17-27-13-11-20-6-3-4-7-21(20)15-27/h3-4,6-7,14,22-23,30H,5,8-13,15-17H2,1-2H3/t22-,23+/m1/s1/i11D2,15D2. The van der Waals surface area contributed by atoms with E-state index in [1.165, 1.54) is 9.58 Å². The first kappa shape index (κ1) is 18.0. The fourth-order valence-corrected chi connectivity index (χ4v) is 4.46. The van der Waals surface area contributed by atoms with Crippen LogP contribution in [0.2, 0.25) is 0 Å². The van der Waals surface area contributed by atoms with Gasteiger partial charge in [-0.05, 0) is 56.7 Å². The molecule has 32 heavy (non-hydrogen) atoms. The highest BCUT2D eigenvalue weighted by Crippen LogP contribution is 2.22. The molecule has 172 valence electrons. The van der Waals surface area contributed by atoms with Gasteiger partial charge in [0.25, 0.3) is 5.56 Å². The number of nitrogens with zero attached hydrogens (tertiary/aromatic N) is 4. The van der Waals surface area contributed by atoms with Gasteiger partial charge in [-0.2, -0.15) is 5.10 Å². The van der Waals surface area contributed by atoms with Crippen molar-refractivity contribution in [2.45, 2.75) is 64.5 Å². The number of aromatic nitrogens is 2. The molecule has 0 spiro atoms. The fourth-order valence-electron chi connectivity index (χ4n) is 4.46. The largest absolute Gasteiger partial charge is 0.392 e. The molecule has 1 saturated heterocycles. The molecule has 2 aromatic rings. The number of hydrogen-bond donors (Lipinski definition) is 1. The summed E-state index contributed by atoms with van der Waals surface area (Å²) in [5.41, 5.74) is 1.82. The minimum atomic E-state index is -1.93. The van der Waals surface area contributed by atoms with Gasteiger partial charge in [-0.3, -0.25) is 14.5 Å². The van der Waals surface area contributed by atoms with Crippen molar-refractivity contribution in [3.05, 3.63) is 63.1 Å². The second-order valence-electron chi connectivity index (χ2n) is 8.76. The molecule has 0 radical (unpaired) electrons. The lowest BCUT2D eigenvalue weighted by atomic mass is 9.99. The molecule has 1 amide bonds. The third kappa shape index (κ3) is 5.27. The first-order valence-electron chi connectivity index (χ1n) is 13.3. The molecule has 7 heteroatoms. The van der Waals surface area contributed by atoms with Gasteiger partial charge in [0, 0.05) is 50.1 Å². The third-order valence-electron chi connectivity index (χ3n) is 6.12. The molecule has 1 N–H and O–H groups in total.